The Morgan fingerprint density at radius 1 is 1.28 bits per heavy atom. The van der Waals surface area contributed by atoms with Crippen molar-refractivity contribution < 1.29 is 9.72 Å². The minimum Gasteiger partial charge on any atom is -0.306 e. The van der Waals surface area contributed by atoms with E-state index in [-0.39, 0.29) is 18.0 Å². The molecule has 0 fully saturated rings. The number of carbonyl (C=O) groups excluding carboxylic acids is 1. The molecule has 2 aromatic carbocycles. The quantitative estimate of drug-likeness (QED) is 0.466. The van der Waals surface area contributed by atoms with Crippen LogP contribution < -0.4 is 4.90 Å². The van der Waals surface area contributed by atoms with E-state index in [9.17, 15) is 14.9 Å². The second-order valence-electron chi connectivity index (χ2n) is 5.47. The van der Waals surface area contributed by atoms with Gasteiger partial charge in [0.05, 0.1) is 28.4 Å². The third-order valence-electron chi connectivity index (χ3n) is 3.82. The molecule has 126 valence electrons. The lowest BCUT2D eigenvalue weighted by Gasteiger charge is -2.20. The number of nitro benzene ring substituents is 1. The van der Waals surface area contributed by atoms with Gasteiger partial charge < -0.3 is 4.90 Å². The summed E-state index contributed by atoms with van der Waals surface area (Å²) in [6, 6.07) is 11.3. The van der Waals surface area contributed by atoms with Gasteiger partial charge in [-0.25, -0.2) is 4.99 Å². The van der Waals surface area contributed by atoms with E-state index < -0.39 is 4.92 Å². The number of halogens is 1. The Hall–Kier alpha value is -2.99. The second kappa shape index (κ2) is 6.86. The summed E-state index contributed by atoms with van der Waals surface area (Å²) in [4.78, 5) is 29.3. The van der Waals surface area contributed by atoms with Crippen molar-refractivity contribution >= 4 is 40.3 Å². The van der Waals surface area contributed by atoms with Crippen LogP contribution in [0.2, 0.25) is 5.02 Å². The molecule has 1 heterocycles. The predicted molar refractivity (Wildman–Crippen MR) is 97.9 cm³/mol. The van der Waals surface area contributed by atoms with Gasteiger partial charge in [-0.05, 0) is 23.8 Å². The summed E-state index contributed by atoms with van der Waals surface area (Å²) in [6.45, 7) is 3.97. The standard InChI is InChI=1S/C18H14ClN3O3/c1-2-9-21-17-8-7-14(22(24)25)10-16(17)20-15(11-18(21)23)12-3-5-13(19)6-4-12/h2-8,10H,1,9,11H2. The summed E-state index contributed by atoms with van der Waals surface area (Å²) in [5.41, 5.74) is 2.11. The molecule has 0 spiro atoms. The molecule has 0 aliphatic carbocycles. The smallest absolute Gasteiger partial charge is 0.271 e. The highest BCUT2D eigenvalue weighted by atomic mass is 35.5. The number of aliphatic imine (C=N–C) groups is 1. The number of benzene rings is 2. The molecule has 25 heavy (non-hydrogen) atoms. The Morgan fingerprint density at radius 2 is 2.00 bits per heavy atom. The highest BCUT2D eigenvalue weighted by Crippen LogP contribution is 2.36. The van der Waals surface area contributed by atoms with Gasteiger partial charge in [-0.1, -0.05) is 29.8 Å². The maximum absolute atomic E-state index is 12.7. The van der Waals surface area contributed by atoms with Crippen LogP contribution in [0.25, 0.3) is 0 Å². The summed E-state index contributed by atoms with van der Waals surface area (Å²) in [5.74, 6) is -0.152. The predicted octanol–water partition coefficient (Wildman–Crippen LogP) is 4.29. The van der Waals surface area contributed by atoms with E-state index >= 15 is 0 Å². The van der Waals surface area contributed by atoms with E-state index in [2.05, 4.69) is 11.6 Å². The van der Waals surface area contributed by atoms with E-state index in [1.54, 1.807) is 36.4 Å². The summed E-state index contributed by atoms with van der Waals surface area (Å²) in [5, 5.41) is 11.7. The topological polar surface area (TPSA) is 75.8 Å². The van der Waals surface area contributed by atoms with Crippen LogP contribution in [0.15, 0.2) is 60.1 Å². The lowest BCUT2D eigenvalue weighted by atomic mass is 10.1. The molecule has 0 saturated heterocycles. The van der Waals surface area contributed by atoms with Crippen LogP contribution in [0.3, 0.4) is 0 Å². The zero-order valence-corrected chi connectivity index (χ0v) is 13.9. The fourth-order valence-electron chi connectivity index (χ4n) is 2.64. The number of rotatable bonds is 4. The number of hydrogen-bond acceptors (Lipinski definition) is 4. The molecule has 2 aromatic rings. The number of non-ortho nitro benzene ring substituents is 1. The molecule has 0 unspecified atom stereocenters. The molecular formula is C18H14ClN3O3. The van der Waals surface area contributed by atoms with Crippen molar-refractivity contribution in [1.29, 1.82) is 0 Å². The van der Waals surface area contributed by atoms with Crippen molar-refractivity contribution in [3.05, 3.63) is 75.8 Å². The highest BCUT2D eigenvalue weighted by molar-refractivity contribution is 6.30. The minimum atomic E-state index is -0.484. The zero-order chi connectivity index (χ0) is 18.0. The second-order valence-corrected chi connectivity index (χ2v) is 5.90. The number of nitro groups is 1. The van der Waals surface area contributed by atoms with Crippen LogP contribution >= 0.6 is 11.6 Å². The van der Waals surface area contributed by atoms with Crippen LogP contribution in [-0.2, 0) is 4.79 Å². The first-order valence-electron chi connectivity index (χ1n) is 7.53. The number of fused-ring (bicyclic) bond motifs is 1. The number of carbonyl (C=O) groups is 1. The van der Waals surface area contributed by atoms with Crippen LogP contribution in [0.1, 0.15) is 12.0 Å². The van der Waals surface area contributed by atoms with Crippen molar-refractivity contribution in [1.82, 2.24) is 0 Å². The van der Waals surface area contributed by atoms with Gasteiger partial charge in [-0.15, -0.1) is 6.58 Å². The van der Waals surface area contributed by atoms with E-state index in [4.69, 9.17) is 11.6 Å². The largest absolute Gasteiger partial charge is 0.306 e. The van der Waals surface area contributed by atoms with E-state index in [1.807, 2.05) is 0 Å². The Kier molecular flexibility index (Phi) is 4.63. The lowest BCUT2D eigenvalue weighted by Crippen LogP contribution is -2.31. The Morgan fingerprint density at radius 3 is 2.64 bits per heavy atom. The van der Waals surface area contributed by atoms with Crippen molar-refractivity contribution in [3.63, 3.8) is 0 Å². The normalized spacial score (nSPS) is 13.7. The summed E-state index contributed by atoms with van der Waals surface area (Å²) in [6.07, 6.45) is 1.69. The molecule has 7 heteroatoms. The molecule has 0 radical (unpaired) electrons. The van der Waals surface area contributed by atoms with Gasteiger partial charge in [0.15, 0.2) is 0 Å². The zero-order valence-electron chi connectivity index (χ0n) is 13.2. The molecule has 0 N–H and O–H groups in total. The van der Waals surface area contributed by atoms with Gasteiger partial charge in [0, 0.05) is 23.7 Å². The van der Waals surface area contributed by atoms with Gasteiger partial charge >= 0.3 is 0 Å². The van der Waals surface area contributed by atoms with Crippen LogP contribution in [-0.4, -0.2) is 23.1 Å². The molecule has 0 saturated carbocycles. The van der Waals surface area contributed by atoms with Crippen molar-refractivity contribution in [2.75, 3.05) is 11.4 Å². The fourth-order valence-corrected chi connectivity index (χ4v) is 2.77. The number of amides is 1. The Labute approximate surface area is 149 Å². The Balaban J connectivity index is 2.15. The van der Waals surface area contributed by atoms with Crippen molar-refractivity contribution in [2.24, 2.45) is 4.99 Å². The first-order valence-corrected chi connectivity index (χ1v) is 7.90. The molecule has 1 aliphatic heterocycles. The lowest BCUT2D eigenvalue weighted by molar-refractivity contribution is -0.384. The number of nitrogens with zero attached hydrogens (tertiary/aromatic N) is 3. The molecular weight excluding hydrogens is 342 g/mol. The van der Waals surface area contributed by atoms with Gasteiger partial charge in [0.2, 0.25) is 5.91 Å². The summed E-state index contributed by atoms with van der Waals surface area (Å²) >= 11 is 5.91. The molecule has 1 aliphatic rings. The molecule has 1 amide bonds. The maximum Gasteiger partial charge on any atom is 0.271 e. The number of hydrogen-bond donors (Lipinski definition) is 0. The highest BCUT2D eigenvalue weighted by Gasteiger charge is 2.25. The first-order chi connectivity index (χ1) is 12.0. The Bertz CT molecular complexity index is 891. The third-order valence-corrected chi connectivity index (χ3v) is 4.08. The van der Waals surface area contributed by atoms with E-state index in [0.29, 0.717) is 28.7 Å². The average molecular weight is 356 g/mol. The van der Waals surface area contributed by atoms with Gasteiger partial charge in [-0.2, -0.15) is 0 Å². The van der Waals surface area contributed by atoms with Gasteiger partial charge in [0.25, 0.3) is 5.69 Å². The molecule has 0 aromatic heterocycles. The summed E-state index contributed by atoms with van der Waals surface area (Å²) in [7, 11) is 0. The van der Waals surface area contributed by atoms with Gasteiger partial charge in [-0.3, -0.25) is 14.9 Å². The average Bonchev–Trinajstić information content (AvgIpc) is 2.72. The molecule has 3 rings (SSSR count). The minimum absolute atomic E-state index is 0.0779. The first kappa shape index (κ1) is 16.9. The van der Waals surface area contributed by atoms with Crippen molar-refractivity contribution in [3.8, 4) is 0 Å². The van der Waals surface area contributed by atoms with Crippen LogP contribution in [0.4, 0.5) is 17.1 Å². The third kappa shape index (κ3) is 3.44. The van der Waals surface area contributed by atoms with E-state index in [1.165, 1.54) is 17.0 Å². The monoisotopic (exact) mass is 355 g/mol. The van der Waals surface area contributed by atoms with Crippen molar-refractivity contribution in [2.45, 2.75) is 6.42 Å². The molecule has 0 atom stereocenters. The van der Waals surface area contributed by atoms with Gasteiger partial charge in [0.1, 0.15) is 0 Å². The summed E-state index contributed by atoms with van der Waals surface area (Å²) < 4.78 is 0. The maximum atomic E-state index is 12.7. The van der Waals surface area contributed by atoms with Crippen LogP contribution in [0, 0.1) is 10.1 Å². The molecule has 0 bridgehead atoms. The fraction of sp³-hybridized carbons (Fsp3) is 0.111. The molecule has 6 nitrogen and oxygen atoms in total. The van der Waals surface area contributed by atoms with Crippen LogP contribution in [0.5, 0.6) is 0 Å². The SMILES string of the molecule is C=CCN1C(=O)CC(c2ccc(Cl)cc2)=Nc2cc([N+](=O)[O-])ccc21. The number of anilines is 1. The van der Waals surface area contributed by atoms with E-state index in [0.717, 1.165) is 5.56 Å².